The Morgan fingerprint density at radius 2 is 2.33 bits per heavy atom. The summed E-state index contributed by atoms with van der Waals surface area (Å²) in [5.41, 5.74) is 5.76. The van der Waals surface area contributed by atoms with Crippen molar-refractivity contribution in [3.05, 3.63) is 0 Å². The predicted octanol–water partition coefficient (Wildman–Crippen LogP) is 0.220. The summed E-state index contributed by atoms with van der Waals surface area (Å²) >= 11 is 0. The Labute approximate surface area is 90.8 Å². The Morgan fingerprint density at radius 3 is 2.80 bits per heavy atom. The number of rotatable bonds is 3. The monoisotopic (exact) mass is 212 g/mol. The highest BCUT2D eigenvalue weighted by Gasteiger charge is 2.50. The van der Waals surface area contributed by atoms with Crippen LogP contribution >= 0.6 is 0 Å². The predicted molar refractivity (Wildman–Crippen MR) is 57.3 cm³/mol. The minimum Gasteiger partial charge on any atom is -0.384 e. The van der Waals surface area contributed by atoms with Crippen molar-refractivity contribution >= 4 is 5.91 Å². The molecular formula is C11H20N2O2. The molecule has 1 heterocycles. The molecular weight excluding hydrogens is 192 g/mol. The fraction of sp³-hybridized carbons (Fsp3) is 0.909. The molecule has 0 aromatic carbocycles. The van der Waals surface area contributed by atoms with Gasteiger partial charge < -0.3 is 15.4 Å². The maximum Gasteiger partial charge on any atom is 0.236 e. The molecule has 0 unspecified atom stereocenters. The minimum absolute atomic E-state index is 0.0832. The van der Waals surface area contributed by atoms with Crippen LogP contribution in [0.5, 0.6) is 0 Å². The third-order valence-electron chi connectivity index (χ3n) is 4.06. The number of nitrogens with zero attached hydrogens (tertiary/aromatic N) is 1. The number of ether oxygens (including phenoxy) is 1. The molecule has 4 nitrogen and oxygen atoms in total. The van der Waals surface area contributed by atoms with Gasteiger partial charge in [-0.1, -0.05) is 6.42 Å². The van der Waals surface area contributed by atoms with Crippen LogP contribution in [0.25, 0.3) is 0 Å². The number of carbonyl (C=O) groups excluding carboxylic acids is 1. The zero-order valence-corrected chi connectivity index (χ0v) is 9.37. The van der Waals surface area contributed by atoms with Gasteiger partial charge in [-0.15, -0.1) is 0 Å². The number of hydrogen-bond acceptors (Lipinski definition) is 3. The van der Waals surface area contributed by atoms with Gasteiger partial charge in [-0.2, -0.15) is 0 Å². The lowest BCUT2D eigenvalue weighted by Gasteiger charge is -2.42. The van der Waals surface area contributed by atoms with Gasteiger partial charge in [0.15, 0.2) is 0 Å². The minimum atomic E-state index is 0.0832. The number of likely N-dealkylation sites (tertiary alicyclic amines) is 1. The quantitative estimate of drug-likeness (QED) is 0.728. The molecule has 0 bridgehead atoms. The fourth-order valence-corrected chi connectivity index (χ4v) is 2.98. The van der Waals surface area contributed by atoms with E-state index >= 15 is 0 Å². The van der Waals surface area contributed by atoms with Crippen molar-refractivity contribution in [3.63, 3.8) is 0 Å². The van der Waals surface area contributed by atoms with Crippen LogP contribution in [0.1, 0.15) is 19.3 Å². The molecule has 1 aliphatic heterocycles. The molecule has 1 atom stereocenters. The average molecular weight is 212 g/mol. The summed E-state index contributed by atoms with van der Waals surface area (Å²) < 4.78 is 5.25. The highest BCUT2D eigenvalue weighted by Crippen LogP contribution is 2.51. The van der Waals surface area contributed by atoms with Crippen LogP contribution in [0.2, 0.25) is 0 Å². The maximum atomic E-state index is 11.6. The summed E-state index contributed by atoms with van der Waals surface area (Å²) in [5.74, 6) is 0.603. The maximum absolute atomic E-state index is 11.6. The second kappa shape index (κ2) is 4.10. The summed E-state index contributed by atoms with van der Waals surface area (Å²) in [6, 6.07) is 0. The SMILES string of the molecule is COC[C@@H]1CN(C(=O)CN)CC12CCC2. The molecule has 0 aromatic rings. The van der Waals surface area contributed by atoms with Gasteiger partial charge in [0.2, 0.25) is 5.91 Å². The summed E-state index contributed by atoms with van der Waals surface area (Å²) in [4.78, 5) is 13.5. The van der Waals surface area contributed by atoms with E-state index in [9.17, 15) is 4.79 Å². The van der Waals surface area contributed by atoms with E-state index in [1.54, 1.807) is 7.11 Å². The van der Waals surface area contributed by atoms with Crippen LogP contribution in [0.4, 0.5) is 0 Å². The Bertz CT molecular complexity index is 251. The van der Waals surface area contributed by atoms with Gasteiger partial charge in [-0.25, -0.2) is 0 Å². The molecule has 15 heavy (non-hydrogen) atoms. The smallest absolute Gasteiger partial charge is 0.236 e. The van der Waals surface area contributed by atoms with Crippen molar-refractivity contribution in [1.82, 2.24) is 4.90 Å². The molecule has 2 aliphatic rings. The van der Waals surface area contributed by atoms with Crippen molar-refractivity contribution in [2.24, 2.45) is 17.1 Å². The Morgan fingerprint density at radius 1 is 1.60 bits per heavy atom. The molecule has 0 radical (unpaired) electrons. The highest BCUT2D eigenvalue weighted by atomic mass is 16.5. The molecule has 0 aromatic heterocycles. The summed E-state index contributed by atoms with van der Waals surface area (Å²) in [6.07, 6.45) is 3.79. The topological polar surface area (TPSA) is 55.6 Å². The van der Waals surface area contributed by atoms with Crippen molar-refractivity contribution in [2.75, 3.05) is 33.4 Å². The lowest BCUT2D eigenvalue weighted by molar-refractivity contribution is -0.129. The van der Waals surface area contributed by atoms with Gasteiger partial charge in [0.25, 0.3) is 0 Å². The average Bonchev–Trinajstić information content (AvgIpc) is 2.56. The molecule has 2 rings (SSSR count). The first-order valence-corrected chi connectivity index (χ1v) is 5.68. The molecule has 1 saturated carbocycles. The van der Waals surface area contributed by atoms with Crippen LogP contribution in [-0.4, -0.2) is 44.2 Å². The second-order valence-electron chi connectivity index (χ2n) is 4.85. The van der Waals surface area contributed by atoms with Gasteiger partial charge in [0, 0.05) is 26.1 Å². The van der Waals surface area contributed by atoms with E-state index < -0.39 is 0 Å². The lowest BCUT2D eigenvalue weighted by atomic mass is 9.63. The highest BCUT2D eigenvalue weighted by molar-refractivity contribution is 5.78. The van der Waals surface area contributed by atoms with E-state index in [4.69, 9.17) is 10.5 Å². The van der Waals surface area contributed by atoms with Gasteiger partial charge in [-0.05, 0) is 18.3 Å². The van der Waals surface area contributed by atoms with E-state index in [0.29, 0.717) is 11.3 Å². The molecule has 2 fully saturated rings. The molecule has 2 N–H and O–H groups in total. The van der Waals surface area contributed by atoms with Gasteiger partial charge >= 0.3 is 0 Å². The standard InChI is InChI=1S/C11H20N2O2/c1-15-7-9-6-13(10(14)5-12)8-11(9)3-2-4-11/h9H,2-8,12H2,1H3/t9-/m0/s1. The first-order valence-electron chi connectivity index (χ1n) is 5.68. The van der Waals surface area contributed by atoms with Crippen molar-refractivity contribution in [1.29, 1.82) is 0 Å². The lowest BCUT2D eigenvalue weighted by Crippen LogP contribution is -2.40. The first kappa shape index (κ1) is 10.9. The number of methoxy groups -OCH3 is 1. The number of nitrogens with two attached hydrogens (primary N) is 1. The van der Waals surface area contributed by atoms with E-state index in [1.165, 1.54) is 19.3 Å². The number of amides is 1. The second-order valence-corrected chi connectivity index (χ2v) is 4.85. The van der Waals surface area contributed by atoms with Crippen LogP contribution < -0.4 is 5.73 Å². The van der Waals surface area contributed by atoms with Crippen LogP contribution in [0.3, 0.4) is 0 Å². The number of hydrogen-bond donors (Lipinski definition) is 1. The van der Waals surface area contributed by atoms with Crippen LogP contribution in [0, 0.1) is 11.3 Å². The van der Waals surface area contributed by atoms with Crippen LogP contribution in [0.15, 0.2) is 0 Å². The van der Waals surface area contributed by atoms with Crippen LogP contribution in [-0.2, 0) is 9.53 Å². The molecule has 4 heteroatoms. The summed E-state index contributed by atoms with van der Waals surface area (Å²) in [5, 5.41) is 0. The molecule has 1 saturated heterocycles. The molecule has 1 spiro atoms. The van der Waals surface area contributed by atoms with Gasteiger partial charge in [-0.3, -0.25) is 4.79 Å². The first-order chi connectivity index (χ1) is 7.22. The van der Waals surface area contributed by atoms with E-state index in [-0.39, 0.29) is 12.5 Å². The van der Waals surface area contributed by atoms with E-state index in [2.05, 4.69) is 0 Å². The zero-order chi connectivity index (χ0) is 10.9. The van der Waals surface area contributed by atoms with Gasteiger partial charge in [0.1, 0.15) is 0 Å². The van der Waals surface area contributed by atoms with Crippen molar-refractivity contribution < 1.29 is 9.53 Å². The Kier molecular flexibility index (Phi) is 2.98. The Hall–Kier alpha value is -0.610. The zero-order valence-electron chi connectivity index (χ0n) is 9.37. The van der Waals surface area contributed by atoms with E-state index in [0.717, 1.165) is 19.7 Å². The molecule has 1 aliphatic carbocycles. The fourth-order valence-electron chi connectivity index (χ4n) is 2.98. The summed E-state index contributed by atoms with van der Waals surface area (Å²) in [7, 11) is 1.74. The molecule has 86 valence electrons. The third kappa shape index (κ3) is 1.76. The normalized spacial score (nSPS) is 28.1. The van der Waals surface area contributed by atoms with Crippen molar-refractivity contribution in [3.8, 4) is 0 Å². The largest absolute Gasteiger partial charge is 0.384 e. The molecule has 1 amide bonds. The third-order valence-corrected chi connectivity index (χ3v) is 4.06. The Balaban J connectivity index is 2.02. The van der Waals surface area contributed by atoms with Gasteiger partial charge in [0.05, 0.1) is 13.2 Å². The van der Waals surface area contributed by atoms with Crippen molar-refractivity contribution in [2.45, 2.75) is 19.3 Å². The van der Waals surface area contributed by atoms with E-state index in [1.807, 2.05) is 4.90 Å². The number of carbonyl (C=O) groups is 1. The summed E-state index contributed by atoms with van der Waals surface area (Å²) in [6.45, 7) is 2.64.